The second kappa shape index (κ2) is 12.8. The lowest BCUT2D eigenvalue weighted by Crippen LogP contribution is -2.40. The van der Waals surface area contributed by atoms with Crippen molar-refractivity contribution in [1.82, 2.24) is 29.7 Å². The number of hydrogen-bond acceptors (Lipinski definition) is 9. The number of ether oxygens (including phenoxy) is 1. The summed E-state index contributed by atoms with van der Waals surface area (Å²) < 4.78 is 7.49. The lowest BCUT2D eigenvalue weighted by Gasteiger charge is -2.34. The number of aromatic nitrogens is 5. The molecule has 12 nitrogen and oxygen atoms in total. The molecule has 12 heteroatoms. The molecule has 5 heterocycles. The predicted octanol–water partition coefficient (Wildman–Crippen LogP) is 3.82. The van der Waals surface area contributed by atoms with Crippen LogP contribution in [-0.2, 0) is 33.7 Å². The van der Waals surface area contributed by atoms with Gasteiger partial charge in [0.15, 0.2) is 11.5 Å². The molecular formula is C35H37N9O3. The van der Waals surface area contributed by atoms with Crippen molar-refractivity contribution < 1.29 is 14.3 Å². The first-order chi connectivity index (χ1) is 22.8. The Balaban J connectivity index is 1.07. The van der Waals surface area contributed by atoms with Crippen molar-refractivity contribution in [3.8, 4) is 22.4 Å². The average Bonchev–Trinajstić information content (AvgIpc) is 3.50. The number of nitrogens with one attached hydrogen (secondary N) is 1. The van der Waals surface area contributed by atoms with Crippen LogP contribution < -0.4 is 20.9 Å². The number of carbonyl (C=O) groups is 2. The fraction of sp³-hybridized carbons (Fsp3) is 0.314. The number of benzene rings is 2. The Morgan fingerprint density at radius 1 is 1.00 bits per heavy atom. The van der Waals surface area contributed by atoms with Crippen LogP contribution in [0.15, 0.2) is 67.3 Å². The minimum Gasteiger partial charge on any atom is -0.378 e. The van der Waals surface area contributed by atoms with Crippen molar-refractivity contribution in [2.45, 2.75) is 45.7 Å². The van der Waals surface area contributed by atoms with Crippen LogP contribution in [0.25, 0.3) is 28.0 Å². The van der Waals surface area contributed by atoms with Crippen molar-refractivity contribution in [3.05, 3.63) is 84.1 Å². The largest absolute Gasteiger partial charge is 0.378 e. The number of amides is 2. The summed E-state index contributed by atoms with van der Waals surface area (Å²) in [7, 11) is 0. The van der Waals surface area contributed by atoms with Gasteiger partial charge in [0.05, 0.1) is 37.6 Å². The highest BCUT2D eigenvalue weighted by molar-refractivity contribution is 5.94. The molecule has 2 amide bonds. The molecule has 0 aliphatic carbocycles. The number of imidazole rings is 1. The van der Waals surface area contributed by atoms with Gasteiger partial charge in [-0.1, -0.05) is 30.3 Å². The van der Waals surface area contributed by atoms with Gasteiger partial charge in [0.1, 0.15) is 0 Å². The molecule has 0 spiro atoms. The van der Waals surface area contributed by atoms with Crippen LogP contribution in [0.4, 0.5) is 17.5 Å². The van der Waals surface area contributed by atoms with Gasteiger partial charge in [0, 0.05) is 62.1 Å². The first-order valence-corrected chi connectivity index (χ1v) is 15.9. The quantitative estimate of drug-likeness (QED) is 0.274. The Morgan fingerprint density at radius 2 is 1.79 bits per heavy atom. The highest BCUT2D eigenvalue weighted by Crippen LogP contribution is 2.34. The minimum atomic E-state index is -0.0954. The van der Waals surface area contributed by atoms with Crippen LogP contribution in [0.1, 0.15) is 37.1 Å². The molecule has 2 aromatic carbocycles. The number of hydrogen-bond donors (Lipinski definition) is 2. The zero-order chi connectivity index (χ0) is 32.5. The van der Waals surface area contributed by atoms with Gasteiger partial charge in [0.2, 0.25) is 17.8 Å². The van der Waals surface area contributed by atoms with Crippen LogP contribution in [-0.4, -0.2) is 68.5 Å². The Labute approximate surface area is 272 Å². The third kappa shape index (κ3) is 6.36. The smallest absolute Gasteiger partial charge is 0.224 e. The summed E-state index contributed by atoms with van der Waals surface area (Å²) in [4.78, 5) is 47.5. The number of anilines is 3. The predicted molar refractivity (Wildman–Crippen MR) is 180 cm³/mol. The zero-order valence-electron chi connectivity index (χ0n) is 26.5. The maximum atomic E-state index is 13.1. The maximum absolute atomic E-state index is 13.1. The number of rotatable bonds is 7. The van der Waals surface area contributed by atoms with Crippen molar-refractivity contribution in [2.75, 3.05) is 41.8 Å². The second-order valence-corrected chi connectivity index (χ2v) is 12.1. The highest BCUT2D eigenvalue weighted by atomic mass is 16.5. The highest BCUT2D eigenvalue weighted by Gasteiger charge is 2.26. The third-order valence-corrected chi connectivity index (χ3v) is 8.79. The molecule has 5 aromatic rings. The molecule has 1 fully saturated rings. The number of aryl methyl sites for hydroxylation is 1. The van der Waals surface area contributed by atoms with Gasteiger partial charge in [-0.3, -0.25) is 9.59 Å². The fourth-order valence-electron chi connectivity index (χ4n) is 6.42. The van der Waals surface area contributed by atoms with E-state index in [0.717, 1.165) is 52.3 Å². The molecule has 1 saturated heterocycles. The number of nitrogen functional groups attached to an aromatic ring is 1. The van der Waals surface area contributed by atoms with E-state index < -0.39 is 0 Å². The molecule has 0 unspecified atom stereocenters. The second-order valence-electron chi connectivity index (χ2n) is 12.1. The standard InChI is InChI=1S/C35H37N9O3/c1-22-6-7-27-16-26(8-9-31(27)44(22)23(2)45)25-5-3-4-24(14-25)15-32(46)37-19-29-20-43-21-30(28-17-38-35(36)39-18-28)41-34(33(43)40-29)42-10-12-47-13-11-42/h3-5,8-9,14,16-18,20-22H,6-7,10-13,15,19H2,1-2H3,(H,37,46)(H2,36,38,39)/t22-/m0/s1. The molecule has 47 heavy (non-hydrogen) atoms. The molecule has 0 saturated carbocycles. The van der Waals surface area contributed by atoms with E-state index in [1.54, 1.807) is 19.3 Å². The molecule has 240 valence electrons. The van der Waals surface area contributed by atoms with E-state index in [4.69, 9.17) is 20.4 Å². The van der Waals surface area contributed by atoms with Gasteiger partial charge >= 0.3 is 0 Å². The molecule has 0 bridgehead atoms. The van der Waals surface area contributed by atoms with Crippen molar-refractivity contribution >= 4 is 34.9 Å². The summed E-state index contributed by atoms with van der Waals surface area (Å²) >= 11 is 0. The summed E-state index contributed by atoms with van der Waals surface area (Å²) in [5.74, 6) is 0.908. The van der Waals surface area contributed by atoms with E-state index in [1.807, 2.05) is 39.9 Å². The average molecular weight is 632 g/mol. The van der Waals surface area contributed by atoms with E-state index >= 15 is 0 Å². The van der Waals surface area contributed by atoms with Crippen LogP contribution in [0.3, 0.4) is 0 Å². The van der Waals surface area contributed by atoms with Crippen molar-refractivity contribution in [1.29, 1.82) is 0 Å². The lowest BCUT2D eigenvalue weighted by molar-refractivity contribution is -0.120. The molecule has 1 atom stereocenters. The Morgan fingerprint density at radius 3 is 2.57 bits per heavy atom. The number of morpholine rings is 1. The van der Waals surface area contributed by atoms with Crippen molar-refractivity contribution in [3.63, 3.8) is 0 Å². The molecule has 2 aliphatic heterocycles. The molecule has 3 aromatic heterocycles. The van der Waals surface area contributed by atoms with Crippen LogP contribution in [0.2, 0.25) is 0 Å². The van der Waals surface area contributed by atoms with Gasteiger partial charge < -0.3 is 30.0 Å². The molecule has 3 N–H and O–H groups in total. The van der Waals surface area contributed by atoms with E-state index in [0.29, 0.717) is 37.6 Å². The van der Waals surface area contributed by atoms with E-state index in [-0.39, 0.29) is 36.8 Å². The summed E-state index contributed by atoms with van der Waals surface area (Å²) in [5.41, 5.74) is 13.7. The Bertz CT molecular complexity index is 1950. The van der Waals surface area contributed by atoms with Gasteiger partial charge in [-0.05, 0) is 54.2 Å². The van der Waals surface area contributed by atoms with E-state index in [1.165, 1.54) is 5.56 Å². The topological polar surface area (TPSA) is 144 Å². The Hall–Kier alpha value is -5.36. The van der Waals surface area contributed by atoms with Gasteiger partial charge in [0.25, 0.3) is 0 Å². The van der Waals surface area contributed by atoms with Gasteiger partial charge in [-0.15, -0.1) is 0 Å². The number of carbonyl (C=O) groups excluding carboxylic acids is 2. The number of nitrogens with two attached hydrogens (primary N) is 1. The van der Waals surface area contributed by atoms with Crippen molar-refractivity contribution in [2.24, 2.45) is 0 Å². The normalized spacial score (nSPS) is 16.3. The summed E-state index contributed by atoms with van der Waals surface area (Å²) in [6, 6.07) is 14.5. The first-order valence-electron chi connectivity index (χ1n) is 15.9. The van der Waals surface area contributed by atoms with Gasteiger partial charge in [-0.25, -0.2) is 19.9 Å². The van der Waals surface area contributed by atoms with Gasteiger partial charge in [-0.2, -0.15) is 0 Å². The SMILES string of the molecule is CC(=O)N1c2ccc(-c3cccc(CC(=O)NCc4cn5cc(-c6cnc(N)nc6)nc(N6CCOCC6)c5n4)c3)cc2CC[C@@H]1C. The zero-order valence-corrected chi connectivity index (χ0v) is 26.5. The van der Waals surface area contributed by atoms with E-state index in [2.05, 4.69) is 51.4 Å². The molecule has 2 aliphatic rings. The third-order valence-electron chi connectivity index (χ3n) is 8.79. The number of nitrogens with zero attached hydrogens (tertiary/aromatic N) is 7. The van der Waals surface area contributed by atoms with E-state index in [9.17, 15) is 9.59 Å². The maximum Gasteiger partial charge on any atom is 0.224 e. The Kier molecular flexibility index (Phi) is 8.25. The molecule has 7 rings (SSSR count). The monoisotopic (exact) mass is 631 g/mol. The van der Waals surface area contributed by atoms with Crippen LogP contribution in [0.5, 0.6) is 0 Å². The summed E-state index contributed by atoms with van der Waals surface area (Å²) in [6.07, 6.45) is 9.21. The number of fused-ring (bicyclic) bond motifs is 2. The molecule has 0 radical (unpaired) electrons. The summed E-state index contributed by atoms with van der Waals surface area (Å²) in [6.45, 7) is 6.61. The van der Waals surface area contributed by atoms with Crippen LogP contribution >= 0.6 is 0 Å². The molecular weight excluding hydrogens is 594 g/mol. The lowest BCUT2D eigenvalue weighted by atomic mass is 9.92. The first kappa shape index (κ1) is 30.3. The minimum absolute atomic E-state index is 0.0649. The fourth-order valence-corrected chi connectivity index (χ4v) is 6.42. The van der Waals surface area contributed by atoms with Crippen LogP contribution in [0, 0.1) is 0 Å². The summed E-state index contributed by atoms with van der Waals surface area (Å²) in [5, 5.41) is 3.04.